The summed E-state index contributed by atoms with van der Waals surface area (Å²) < 4.78 is 10.2. The minimum atomic E-state index is -0.444. The van der Waals surface area contributed by atoms with Gasteiger partial charge < -0.3 is 14.1 Å². The Bertz CT molecular complexity index is 685. The molecule has 0 atom stereocenters. The number of methoxy groups -OCH3 is 1. The zero-order chi connectivity index (χ0) is 16.3. The summed E-state index contributed by atoms with van der Waals surface area (Å²) in [5.41, 5.74) is 2.10. The molecule has 116 valence electrons. The molecule has 0 bridgehead atoms. The smallest absolute Gasteiger partial charge is 0.341 e. The highest BCUT2D eigenvalue weighted by molar-refractivity contribution is 5.94. The number of amides is 1. The standard InChI is InChI=1S/C17H19NO4/c1-11-5-7-13(8-6-11)16(19)18(3)10-14-9-15(12(2)22-14)17(20)21-4/h5-9H,10H2,1-4H3. The first-order valence-electron chi connectivity index (χ1n) is 6.92. The van der Waals surface area contributed by atoms with Crippen molar-refractivity contribution in [2.75, 3.05) is 14.2 Å². The summed E-state index contributed by atoms with van der Waals surface area (Å²) in [6, 6.07) is 8.99. The Morgan fingerprint density at radius 2 is 1.82 bits per heavy atom. The van der Waals surface area contributed by atoms with Crippen molar-refractivity contribution in [3.63, 3.8) is 0 Å². The molecule has 5 heteroatoms. The largest absolute Gasteiger partial charge is 0.465 e. The second-order valence-electron chi connectivity index (χ2n) is 5.20. The molecule has 5 nitrogen and oxygen atoms in total. The SMILES string of the molecule is COC(=O)c1cc(CN(C)C(=O)c2ccc(C)cc2)oc1C. The van der Waals surface area contributed by atoms with E-state index in [1.807, 2.05) is 19.1 Å². The summed E-state index contributed by atoms with van der Waals surface area (Å²) in [5.74, 6) is 0.479. The number of hydrogen-bond donors (Lipinski definition) is 0. The summed E-state index contributed by atoms with van der Waals surface area (Å²) in [6.45, 7) is 3.94. The van der Waals surface area contributed by atoms with Crippen molar-refractivity contribution in [2.45, 2.75) is 20.4 Å². The average molecular weight is 301 g/mol. The molecule has 0 spiro atoms. The van der Waals surface area contributed by atoms with Gasteiger partial charge in [0.2, 0.25) is 0 Å². The van der Waals surface area contributed by atoms with Gasteiger partial charge in [-0.3, -0.25) is 4.79 Å². The molecular formula is C17H19NO4. The summed E-state index contributed by atoms with van der Waals surface area (Å²) in [7, 11) is 3.01. The van der Waals surface area contributed by atoms with Gasteiger partial charge in [-0.15, -0.1) is 0 Å². The molecular weight excluding hydrogens is 282 g/mol. The minimum Gasteiger partial charge on any atom is -0.465 e. The molecule has 0 aliphatic heterocycles. The molecule has 0 unspecified atom stereocenters. The second-order valence-corrected chi connectivity index (χ2v) is 5.20. The van der Waals surface area contributed by atoms with Crippen molar-refractivity contribution in [2.24, 2.45) is 0 Å². The number of benzene rings is 1. The fourth-order valence-corrected chi connectivity index (χ4v) is 2.16. The van der Waals surface area contributed by atoms with E-state index >= 15 is 0 Å². The van der Waals surface area contributed by atoms with Crippen molar-refractivity contribution in [1.29, 1.82) is 0 Å². The normalized spacial score (nSPS) is 10.4. The van der Waals surface area contributed by atoms with E-state index in [1.165, 1.54) is 7.11 Å². The van der Waals surface area contributed by atoms with E-state index in [-0.39, 0.29) is 12.5 Å². The fraction of sp³-hybridized carbons (Fsp3) is 0.294. The Hall–Kier alpha value is -2.56. The number of rotatable bonds is 4. The van der Waals surface area contributed by atoms with Crippen LogP contribution in [-0.4, -0.2) is 30.9 Å². The van der Waals surface area contributed by atoms with Crippen LogP contribution in [0.15, 0.2) is 34.7 Å². The molecule has 1 heterocycles. The maximum Gasteiger partial charge on any atom is 0.341 e. The predicted octanol–water partition coefficient (Wildman–Crippen LogP) is 2.96. The highest BCUT2D eigenvalue weighted by Crippen LogP contribution is 2.18. The molecule has 0 N–H and O–H groups in total. The molecule has 1 aromatic carbocycles. The van der Waals surface area contributed by atoms with Crippen molar-refractivity contribution >= 4 is 11.9 Å². The Balaban J connectivity index is 2.11. The molecule has 0 aliphatic rings. The van der Waals surface area contributed by atoms with Gasteiger partial charge in [-0.1, -0.05) is 17.7 Å². The van der Waals surface area contributed by atoms with E-state index in [2.05, 4.69) is 4.74 Å². The van der Waals surface area contributed by atoms with Gasteiger partial charge in [0.15, 0.2) is 0 Å². The quantitative estimate of drug-likeness (QED) is 0.815. The maximum atomic E-state index is 12.3. The van der Waals surface area contributed by atoms with Crippen LogP contribution in [0.4, 0.5) is 0 Å². The molecule has 1 amide bonds. The first kappa shape index (κ1) is 15.8. The number of carbonyl (C=O) groups excluding carboxylic acids is 2. The Morgan fingerprint density at radius 1 is 1.18 bits per heavy atom. The maximum absolute atomic E-state index is 12.3. The van der Waals surface area contributed by atoms with E-state index in [4.69, 9.17) is 4.42 Å². The van der Waals surface area contributed by atoms with Crippen LogP contribution in [-0.2, 0) is 11.3 Å². The van der Waals surface area contributed by atoms with E-state index in [9.17, 15) is 9.59 Å². The summed E-state index contributed by atoms with van der Waals surface area (Å²) in [5, 5.41) is 0. The number of hydrogen-bond acceptors (Lipinski definition) is 4. The molecule has 0 aliphatic carbocycles. The van der Waals surface area contributed by atoms with Gasteiger partial charge in [0.1, 0.15) is 17.1 Å². The van der Waals surface area contributed by atoms with Gasteiger partial charge in [0.05, 0.1) is 13.7 Å². The predicted molar refractivity (Wildman–Crippen MR) is 81.8 cm³/mol. The third-order valence-electron chi connectivity index (χ3n) is 3.41. The van der Waals surface area contributed by atoms with E-state index in [0.717, 1.165) is 5.56 Å². The van der Waals surface area contributed by atoms with Crippen LogP contribution >= 0.6 is 0 Å². The topological polar surface area (TPSA) is 59.8 Å². The van der Waals surface area contributed by atoms with Crippen molar-refractivity contribution in [1.82, 2.24) is 4.90 Å². The second kappa shape index (κ2) is 6.47. The Morgan fingerprint density at radius 3 is 2.41 bits per heavy atom. The zero-order valence-corrected chi connectivity index (χ0v) is 13.2. The van der Waals surface area contributed by atoms with Gasteiger partial charge in [-0.25, -0.2) is 4.79 Å². The summed E-state index contributed by atoms with van der Waals surface area (Å²) in [6.07, 6.45) is 0. The lowest BCUT2D eigenvalue weighted by atomic mass is 10.1. The molecule has 22 heavy (non-hydrogen) atoms. The van der Waals surface area contributed by atoms with Crippen molar-refractivity contribution in [3.05, 3.63) is 58.5 Å². The van der Waals surface area contributed by atoms with Crippen LogP contribution < -0.4 is 0 Å². The lowest BCUT2D eigenvalue weighted by Crippen LogP contribution is -2.25. The van der Waals surface area contributed by atoms with Gasteiger partial charge in [0.25, 0.3) is 5.91 Å². The van der Waals surface area contributed by atoms with Crippen LogP contribution in [0, 0.1) is 13.8 Å². The van der Waals surface area contributed by atoms with Crippen LogP contribution in [0.25, 0.3) is 0 Å². The lowest BCUT2D eigenvalue weighted by Gasteiger charge is -2.15. The zero-order valence-electron chi connectivity index (χ0n) is 13.2. The number of aryl methyl sites for hydroxylation is 2. The van der Waals surface area contributed by atoms with E-state index < -0.39 is 5.97 Å². The number of furan rings is 1. The third kappa shape index (κ3) is 3.36. The molecule has 2 aromatic rings. The first-order valence-corrected chi connectivity index (χ1v) is 6.92. The monoisotopic (exact) mass is 301 g/mol. The third-order valence-corrected chi connectivity index (χ3v) is 3.41. The molecule has 0 fully saturated rings. The minimum absolute atomic E-state index is 0.103. The highest BCUT2D eigenvalue weighted by atomic mass is 16.5. The van der Waals surface area contributed by atoms with Gasteiger partial charge in [-0.05, 0) is 32.0 Å². The van der Waals surface area contributed by atoms with Crippen LogP contribution in [0.1, 0.15) is 37.8 Å². The van der Waals surface area contributed by atoms with Crippen molar-refractivity contribution in [3.8, 4) is 0 Å². The van der Waals surface area contributed by atoms with Crippen LogP contribution in [0.2, 0.25) is 0 Å². The molecule has 1 aromatic heterocycles. The van der Waals surface area contributed by atoms with E-state index in [1.54, 1.807) is 37.1 Å². The summed E-state index contributed by atoms with van der Waals surface area (Å²) >= 11 is 0. The number of nitrogens with zero attached hydrogens (tertiary/aromatic N) is 1. The number of carbonyl (C=O) groups is 2. The van der Waals surface area contributed by atoms with Gasteiger partial charge in [-0.2, -0.15) is 0 Å². The molecule has 2 rings (SSSR count). The van der Waals surface area contributed by atoms with E-state index in [0.29, 0.717) is 22.6 Å². The number of esters is 1. The Kier molecular flexibility index (Phi) is 4.65. The molecule has 0 saturated carbocycles. The van der Waals surface area contributed by atoms with Crippen molar-refractivity contribution < 1.29 is 18.7 Å². The lowest BCUT2D eigenvalue weighted by molar-refractivity contribution is 0.0598. The Labute approximate surface area is 129 Å². The first-order chi connectivity index (χ1) is 10.4. The summed E-state index contributed by atoms with van der Waals surface area (Å²) in [4.78, 5) is 25.4. The fourth-order valence-electron chi connectivity index (χ4n) is 2.16. The number of ether oxygens (including phenoxy) is 1. The van der Waals surface area contributed by atoms with Gasteiger partial charge >= 0.3 is 5.97 Å². The molecule has 0 radical (unpaired) electrons. The van der Waals surface area contributed by atoms with Crippen LogP contribution in [0.3, 0.4) is 0 Å². The highest BCUT2D eigenvalue weighted by Gasteiger charge is 2.18. The average Bonchev–Trinajstić information content (AvgIpc) is 2.87. The van der Waals surface area contributed by atoms with Crippen LogP contribution in [0.5, 0.6) is 0 Å². The van der Waals surface area contributed by atoms with Gasteiger partial charge in [0, 0.05) is 12.6 Å². The molecule has 0 saturated heterocycles.